The van der Waals surface area contributed by atoms with Gasteiger partial charge >= 0.3 is 0 Å². The number of benzene rings is 1. The Morgan fingerprint density at radius 1 is 0.851 bits per heavy atom. The zero-order chi connectivity index (χ0) is 34.5. The molecule has 2 aliphatic rings. The molecule has 0 heterocycles. The lowest BCUT2D eigenvalue weighted by Crippen LogP contribution is -2.56. The average molecular weight is 676 g/mol. The van der Waals surface area contributed by atoms with Crippen molar-refractivity contribution in [3.05, 3.63) is 35.9 Å². The minimum atomic E-state index is -1.22. The first-order valence-corrected chi connectivity index (χ1v) is 19.9. The van der Waals surface area contributed by atoms with Gasteiger partial charge in [0.05, 0.1) is 18.1 Å². The second kappa shape index (κ2) is 20.0. The summed E-state index contributed by atoms with van der Waals surface area (Å²) >= 11 is 0. The van der Waals surface area contributed by atoms with Gasteiger partial charge in [-0.3, -0.25) is 18.7 Å². The molecule has 2 amide bonds. The highest BCUT2D eigenvalue weighted by molar-refractivity contribution is 7.85. The van der Waals surface area contributed by atoms with Crippen molar-refractivity contribution >= 4 is 22.6 Å². The molecule has 6 atom stereocenters. The number of aliphatic hydroxyl groups is 2. The number of rotatable bonds is 21. The van der Waals surface area contributed by atoms with Gasteiger partial charge in [0.25, 0.3) is 0 Å². The second-order valence-corrected chi connectivity index (χ2v) is 17.0. The van der Waals surface area contributed by atoms with E-state index in [-0.39, 0.29) is 23.5 Å². The summed E-state index contributed by atoms with van der Waals surface area (Å²) < 4.78 is 13.4. The molecule has 2 aliphatic carbocycles. The molecule has 8 nitrogen and oxygen atoms in total. The molecule has 0 bridgehead atoms. The van der Waals surface area contributed by atoms with Gasteiger partial charge in [0, 0.05) is 40.9 Å². The number of amides is 2. The van der Waals surface area contributed by atoms with Gasteiger partial charge in [-0.15, -0.1) is 0 Å². The molecule has 2 saturated carbocycles. The van der Waals surface area contributed by atoms with Crippen molar-refractivity contribution < 1.29 is 24.0 Å². The van der Waals surface area contributed by atoms with Crippen molar-refractivity contribution in [3.8, 4) is 0 Å². The molecular formula is C38H65N3O5S. The van der Waals surface area contributed by atoms with E-state index in [0.717, 1.165) is 44.1 Å². The van der Waals surface area contributed by atoms with Gasteiger partial charge in [0.2, 0.25) is 11.8 Å². The van der Waals surface area contributed by atoms with E-state index in [1.807, 2.05) is 44.2 Å². The fourth-order valence-electron chi connectivity index (χ4n) is 7.20. The first-order chi connectivity index (χ1) is 22.3. The Kier molecular flexibility index (Phi) is 16.9. The number of aliphatic hydroxyl groups excluding tert-OH is 2. The van der Waals surface area contributed by atoms with Crippen LogP contribution >= 0.6 is 0 Å². The summed E-state index contributed by atoms with van der Waals surface area (Å²) in [6.07, 6.45) is 7.72. The minimum absolute atomic E-state index is 0.207. The SMILES string of the molecule is CC(C)C[C@H](O)[C@H](O)[C@H](CC1CCCCC1)NC(=O)[C@H](CC1CC1)NC(=O)[C@H](Cc1ccccc1)CS(=O)CCN(C(C)C)C(C)C. The maximum Gasteiger partial charge on any atom is 0.242 e. The predicted octanol–water partition coefficient (Wildman–Crippen LogP) is 5.22. The van der Waals surface area contributed by atoms with E-state index in [2.05, 4.69) is 43.2 Å². The summed E-state index contributed by atoms with van der Waals surface area (Å²) in [4.78, 5) is 30.3. The molecule has 0 saturated heterocycles. The summed E-state index contributed by atoms with van der Waals surface area (Å²) in [7, 11) is -1.22. The predicted molar refractivity (Wildman–Crippen MR) is 192 cm³/mol. The molecule has 1 aromatic carbocycles. The van der Waals surface area contributed by atoms with Gasteiger partial charge in [-0.25, -0.2) is 0 Å². The van der Waals surface area contributed by atoms with Crippen LogP contribution in [0.1, 0.15) is 111 Å². The van der Waals surface area contributed by atoms with Crippen molar-refractivity contribution in [2.75, 3.05) is 18.1 Å². The molecule has 0 spiro atoms. The maximum atomic E-state index is 14.0. The van der Waals surface area contributed by atoms with Crippen molar-refractivity contribution in [2.45, 2.75) is 149 Å². The number of nitrogens with zero attached hydrogens (tertiary/aromatic N) is 1. The van der Waals surface area contributed by atoms with Gasteiger partial charge < -0.3 is 20.8 Å². The quantitative estimate of drug-likeness (QED) is 0.142. The minimum Gasteiger partial charge on any atom is -0.390 e. The van der Waals surface area contributed by atoms with Crippen molar-refractivity contribution in [1.29, 1.82) is 0 Å². The third-order valence-electron chi connectivity index (χ3n) is 10.0. The molecule has 4 N–H and O–H groups in total. The number of carbonyl (C=O) groups excluding carboxylic acids is 2. The summed E-state index contributed by atoms with van der Waals surface area (Å²) in [5, 5.41) is 28.4. The zero-order valence-electron chi connectivity index (χ0n) is 30.0. The topological polar surface area (TPSA) is 119 Å². The molecule has 2 fully saturated rings. The number of hydrogen-bond acceptors (Lipinski definition) is 6. The van der Waals surface area contributed by atoms with Crippen LogP contribution in [0.2, 0.25) is 0 Å². The zero-order valence-corrected chi connectivity index (χ0v) is 30.9. The Morgan fingerprint density at radius 3 is 2.04 bits per heavy atom. The highest BCUT2D eigenvalue weighted by atomic mass is 32.2. The Labute approximate surface area is 287 Å². The fraction of sp³-hybridized carbons (Fsp3) is 0.789. The Bertz CT molecular complexity index is 1080. The van der Waals surface area contributed by atoms with Gasteiger partial charge in [0.15, 0.2) is 0 Å². The summed E-state index contributed by atoms with van der Waals surface area (Å²) in [5.74, 6) is 0.586. The van der Waals surface area contributed by atoms with E-state index in [1.165, 1.54) is 6.42 Å². The molecule has 47 heavy (non-hydrogen) atoms. The summed E-state index contributed by atoms with van der Waals surface area (Å²) in [6, 6.07) is 9.13. The molecule has 1 aromatic rings. The van der Waals surface area contributed by atoms with E-state index in [4.69, 9.17) is 0 Å². The molecular weight excluding hydrogens is 611 g/mol. The maximum absolute atomic E-state index is 14.0. The molecule has 0 aliphatic heterocycles. The number of hydrogen-bond donors (Lipinski definition) is 4. The lowest BCUT2D eigenvalue weighted by Gasteiger charge is -2.34. The van der Waals surface area contributed by atoms with E-state index < -0.39 is 41.0 Å². The molecule has 9 heteroatoms. The van der Waals surface area contributed by atoms with E-state index in [0.29, 0.717) is 61.9 Å². The second-order valence-electron chi connectivity index (χ2n) is 15.4. The number of carbonyl (C=O) groups is 2. The molecule has 268 valence electrons. The molecule has 1 unspecified atom stereocenters. The van der Waals surface area contributed by atoms with Crippen LogP contribution in [0.25, 0.3) is 0 Å². The van der Waals surface area contributed by atoms with Crippen molar-refractivity contribution in [1.82, 2.24) is 15.5 Å². The van der Waals surface area contributed by atoms with Gasteiger partial charge in [0.1, 0.15) is 12.1 Å². The van der Waals surface area contributed by atoms with E-state index in [1.54, 1.807) is 0 Å². The fourth-order valence-corrected chi connectivity index (χ4v) is 8.50. The van der Waals surface area contributed by atoms with Crippen LogP contribution in [-0.4, -0.2) is 85.6 Å². The smallest absolute Gasteiger partial charge is 0.242 e. The summed E-state index contributed by atoms with van der Waals surface area (Å²) in [6.45, 7) is 13.3. The molecule has 0 radical (unpaired) electrons. The normalized spacial score (nSPS) is 19.8. The van der Waals surface area contributed by atoms with Crippen LogP contribution in [0.5, 0.6) is 0 Å². The first kappa shape index (κ1) is 39.6. The van der Waals surface area contributed by atoms with Gasteiger partial charge in [-0.05, 0) is 76.7 Å². The monoisotopic (exact) mass is 675 g/mol. The Morgan fingerprint density at radius 2 is 1.47 bits per heavy atom. The van der Waals surface area contributed by atoms with Crippen LogP contribution < -0.4 is 10.6 Å². The van der Waals surface area contributed by atoms with Crippen LogP contribution in [0.4, 0.5) is 0 Å². The van der Waals surface area contributed by atoms with E-state index >= 15 is 0 Å². The lowest BCUT2D eigenvalue weighted by atomic mass is 9.82. The Hall–Kier alpha value is -1.81. The van der Waals surface area contributed by atoms with Crippen LogP contribution in [0, 0.1) is 23.7 Å². The van der Waals surface area contributed by atoms with Crippen molar-refractivity contribution in [2.24, 2.45) is 23.7 Å². The van der Waals surface area contributed by atoms with Crippen LogP contribution in [0.15, 0.2) is 30.3 Å². The highest BCUT2D eigenvalue weighted by Crippen LogP contribution is 2.34. The standard InChI is InChI=1S/C38H65N3O5S/c1-26(2)21-35(42)36(43)33(23-30-15-11-8-12-16-30)39-38(45)34(24-31-17-18-31)40-37(44)32(22-29-13-9-7-10-14-29)25-47(46)20-19-41(27(3)4)28(5)6/h7,9-10,13-14,26-28,30-36,42-43H,8,11-12,15-25H2,1-6H3,(H,39,45)(H,40,44)/t32-,33+,34+,35+,36-,47?/m1/s1. The molecule has 3 rings (SSSR count). The van der Waals surface area contributed by atoms with Gasteiger partial charge in [-0.1, -0.05) is 89.1 Å². The molecule has 0 aromatic heterocycles. The lowest BCUT2D eigenvalue weighted by molar-refractivity contribution is -0.132. The largest absolute Gasteiger partial charge is 0.390 e. The average Bonchev–Trinajstić information content (AvgIpc) is 3.84. The first-order valence-electron chi connectivity index (χ1n) is 18.4. The third kappa shape index (κ3) is 14.3. The van der Waals surface area contributed by atoms with E-state index in [9.17, 15) is 24.0 Å². The summed E-state index contributed by atoms with van der Waals surface area (Å²) in [5.41, 5.74) is 0.994. The Balaban J connectivity index is 1.75. The number of nitrogens with one attached hydrogen (secondary N) is 2. The van der Waals surface area contributed by atoms with Crippen LogP contribution in [0.3, 0.4) is 0 Å². The van der Waals surface area contributed by atoms with Gasteiger partial charge in [-0.2, -0.15) is 0 Å². The van der Waals surface area contributed by atoms with Crippen LogP contribution in [-0.2, 0) is 26.8 Å². The highest BCUT2D eigenvalue weighted by Gasteiger charge is 2.36. The third-order valence-corrected chi connectivity index (χ3v) is 11.5. The van der Waals surface area contributed by atoms with Crippen molar-refractivity contribution in [3.63, 3.8) is 0 Å².